The van der Waals surface area contributed by atoms with Crippen molar-refractivity contribution >= 4 is 28.7 Å². The third kappa shape index (κ3) is 3.72. The van der Waals surface area contributed by atoms with E-state index in [1.807, 2.05) is 10.8 Å². The van der Waals surface area contributed by atoms with Gasteiger partial charge in [0.15, 0.2) is 11.2 Å². The van der Waals surface area contributed by atoms with E-state index in [2.05, 4.69) is 20.3 Å². The Hall–Kier alpha value is -2.81. The molecule has 0 aliphatic heterocycles. The Bertz CT molecular complexity index is 1040. The monoisotopic (exact) mass is 377 g/mol. The van der Waals surface area contributed by atoms with Crippen LogP contribution in [0.15, 0.2) is 39.4 Å². The van der Waals surface area contributed by atoms with E-state index in [9.17, 15) is 9.59 Å². The zero-order valence-electron chi connectivity index (χ0n) is 14.6. The molecule has 0 saturated carbocycles. The molecule has 0 spiro atoms. The number of nitrogens with zero attached hydrogens (tertiary/aromatic N) is 5. The number of H-pyrrole nitrogens is 1. The second kappa shape index (κ2) is 7.61. The van der Waals surface area contributed by atoms with Gasteiger partial charge in [-0.2, -0.15) is 4.98 Å². The standard InChI is InChI=1S/C16H20ClN7O2/c1-11(17)4-8-24-12-13(22(2)16(26)21-14(12)25)20-15(24)19-5-3-7-23-9-6-18-10-23/h4,6,9-10H,3,5,7-8H2,1-2H3,(H,19,20)(H,21,25,26)/b11-4+. The number of anilines is 1. The quantitative estimate of drug-likeness (QED) is 0.603. The Morgan fingerprint density at radius 1 is 1.42 bits per heavy atom. The summed E-state index contributed by atoms with van der Waals surface area (Å²) in [6.07, 6.45) is 8.03. The van der Waals surface area contributed by atoms with Gasteiger partial charge in [-0.15, -0.1) is 0 Å². The molecule has 0 radical (unpaired) electrons. The minimum Gasteiger partial charge on any atom is -0.356 e. The van der Waals surface area contributed by atoms with E-state index in [1.54, 1.807) is 37.1 Å². The number of fused-ring (bicyclic) bond motifs is 1. The van der Waals surface area contributed by atoms with E-state index < -0.39 is 11.2 Å². The maximum Gasteiger partial charge on any atom is 0.329 e. The Kier molecular flexibility index (Phi) is 5.27. The van der Waals surface area contributed by atoms with Crippen molar-refractivity contribution in [2.75, 3.05) is 11.9 Å². The van der Waals surface area contributed by atoms with Gasteiger partial charge < -0.3 is 14.5 Å². The Balaban J connectivity index is 1.89. The number of aromatic nitrogens is 6. The van der Waals surface area contributed by atoms with E-state index in [0.717, 1.165) is 13.0 Å². The first kappa shape index (κ1) is 18.0. The molecule has 9 nitrogen and oxygen atoms in total. The van der Waals surface area contributed by atoms with Crippen molar-refractivity contribution in [1.82, 2.24) is 28.7 Å². The molecule has 138 valence electrons. The van der Waals surface area contributed by atoms with Crippen LogP contribution in [0.4, 0.5) is 5.95 Å². The number of allylic oxidation sites excluding steroid dienone is 2. The molecule has 0 aliphatic carbocycles. The van der Waals surface area contributed by atoms with Gasteiger partial charge in [0.2, 0.25) is 5.95 Å². The van der Waals surface area contributed by atoms with Crippen molar-refractivity contribution in [2.24, 2.45) is 7.05 Å². The molecule has 0 aliphatic rings. The molecule has 3 aromatic heterocycles. The number of imidazole rings is 2. The Labute approximate surface area is 154 Å². The first-order valence-corrected chi connectivity index (χ1v) is 8.56. The summed E-state index contributed by atoms with van der Waals surface area (Å²) in [5.41, 5.74) is -0.305. The summed E-state index contributed by atoms with van der Waals surface area (Å²) in [4.78, 5) is 34.9. The lowest BCUT2D eigenvalue weighted by Crippen LogP contribution is -2.29. The number of aryl methyl sites for hydroxylation is 2. The van der Waals surface area contributed by atoms with E-state index in [4.69, 9.17) is 11.6 Å². The van der Waals surface area contributed by atoms with Gasteiger partial charge in [-0.1, -0.05) is 17.7 Å². The number of nitrogens with one attached hydrogen (secondary N) is 2. The van der Waals surface area contributed by atoms with Gasteiger partial charge in [-0.25, -0.2) is 9.78 Å². The van der Waals surface area contributed by atoms with Crippen LogP contribution in [0.5, 0.6) is 0 Å². The predicted molar refractivity (Wildman–Crippen MR) is 101 cm³/mol. The van der Waals surface area contributed by atoms with Crippen LogP contribution in [-0.4, -0.2) is 35.2 Å². The number of aromatic amines is 1. The molecule has 0 atom stereocenters. The van der Waals surface area contributed by atoms with Crippen LogP contribution in [0.2, 0.25) is 0 Å². The second-order valence-corrected chi connectivity index (χ2v) is 6.50. The lowest BCUT2D eigenvalue weighted by atomic mass is 10.4. The fraction of sp³-hybridized carbons (Fsp3) is 0.375. The predicted octanol–water partition coefficient (Wildman–Crippen LogP) is 1.26. The van der Waals surface area contributed by atoms with Crippen LogP contribution in [0.1, 0.15) is 13.3 Å². The third-order valence-electron chi connectivity index (χ3n) is 4.00. The van der Waals surface area contributed by atoms with Gasteiger partial charge in [0.05, 0.1) is 6.33 Å². The molecule has 3 rings (SSSR count). The fourth-order valence-electron chi connectivity index (χ4n) is 2.65. The molecule has 0 amide bonds. The molecular weight excluding hydrogens is 358 g/mol. The van der Waals surface area contributed by atoms with Crippen LogP contribution >= 0.6 is 11.6 Å². The number of rotatable bonds is 7. The number of hydrogen-bond acceptors (Lipinski definition) is 5. The lowest BCUT2D eigenvalue weighted by molar-refractivity contribution is 0.657. The van der Waals surface area contributed by atoms with Crippen LogP contribution in [-0.2, 0) is 20.1 Å². The molecule has 26 heavy (non-hydrogen) atoms. The van der Waals surface area contributed by atoms with Crippen molar-refractivity contribution in [3.8, 4) is 0 Å². The van der Waals surface area contributed by atoms with Gasteiger partial charge in [0.25, 0.3) is 5.56 Å². The molecule has 0 saturated heterocycles. The van der Waals surface area contributed by atoms with Crippen LogP contribution < -0.4 is 16.6 Å². The molecule has 2 N–H and O–H groups in total. The van der Waals surface area contributed by atoms with Crippen LogP contribution in [0.3, 0.4) is 0 Å². The maximum absolute atomic E-state index is 12.3. The second-order valence-electron chi connectivity index (χ2n) is 5.91. The summed E-state index contributed by atoms with van der Waals surface area (Å²) in [6.45, 7) is 3.60. The highest BCUT2D eigenvalue weighted by atomic mass is 35.5. The summed E-state index contributed by atoms with van der Waals surface area (Å²) in [5.74, 6) is 0.520. The molecule has 3 heterocycles. The van der Waals surface area contributed by atoms with Gasteiger partial charge in [0, 0.05) is 44.1 Å². The number of halogens is 1. The SMILES string of the molecule is C/C(Cl)=C\Cn1c(NCCCn2ccnc2)nc2c1c(=O)[nH]c(=O)n2C. The molecule has 10 heteroatoms. The van der Waals surface area contributed by atoms with E-state index in [0.29, 0.717) is 35.2 Å². The molecule has 0 aromatic carbocycles. The largest absolute Gasteiger partial charge is 0.356 e. The molecule has 0 fully saturated rings. The normalized spacial score (nSPS) is 12.0. The maximum atomic E-state index is 12.3. The van der Waals surface area contributed by atoms with Crippen LogP contribution in [0, 0.1) is 0 Å². The summed E-state index contributed by atoms with van der Waals surface area (Å²) in [5, 5.41) is 3.85. The molecule has 0 unspecified atom stereocenters. The van der Waals surface area contributed by atoms with Gasteiger partial charge in [-0.05, 0) is 13.3 Å². The summed E-state index contributed by atoms with van der Waals surface area (Å²) in [6, 6.07) is 0. The zero-order chi connectivity index (χ0) is 18.7. The summed E-state index contributed by atoms with van der Waals surface area (Å²) < 4.78 is 5.02. The highest BCUT2D eigenvalue weighted by Crippen LogP contribution is 2.16. The van der Waals surface area contributed by atoms with Crippen molar-refractivity contribution in [3.05, 3.63) is 50.7 Å². The molecule has 3 aromatic rings. The lowest BCUT2D eigenvalue weighted by Gasteiger charge is -2.09. The van der Waals surface area contributed by atoms with Gasteiger partial charge >= 0.3 is 5.69 Å². The zero-order valence-corrected chi connectivity index (χ0v) is 15.3. The fourth-order valence-corrected chi connectivity index (χ4v) is 2.71. The third-order valence-corrected chi connectivity index (χ3v) is 4.15. The molecule has 0 bridgehead atoms. The summed E-state index contributed by atoms with van der Waals surface area (Å²) in [7, 11) is 1.57. The molecular formula is C16H20ClN7O2. The smallest absolute Gasteiger partial charge is 0.329 e. The average Bonchev–Trinajstić information content (AvgIpc) is 3.22. The topological polar surface area (TPSA) is 103 Å². The highest BCUT2D eigenvalue weighted by Gasteiger charge is 2.16. The first-order valence-electron chi connectivity index (χ1n) is 8.19. The van der Waals surface area contributed by atoms with Gasteiger partial charge in [-0.3, -0.25) is 14.3 Å². The minimum atomic E-state index is -0.497. The number of hydrogen-bond donors (Lipinski definition) is 2. The van der Waals surface area contributed by atoms with Crippen molar-refractivity contribution < 1.29 is 0 Å². The minimum absolute atomic E-state index is 0.330. The Morgan fingerprint density at radius 3 is 2.92 bits per heavy atom. The highest BCUT2D eigenvalue weighted by molar-refractivity contribution is 6.29. The van der Waals surface area contributed by atoms with E-state index in [-0.39, 0.29) is 0 Å². The first-order chi connectivity index (χ1) is 12.5. The van der Waals surface area contributed by atoms with Crippen LogP contribution in [0.25, 0.3) is 11.2 Å². The van der Waals surface area contributed by atoms with E-state index in [1.165, 1.54) is 4.57 Å². The van der Waals surface area contributed by atoms with Gasteiger partial charge in [0.1, 0.15) is 0 Å². The van der Waals surface area contributed by atoms with E-state index >= 15 is 0 Å². The average molecular weight is 378 g/mol. The van der Waals surface area contributed by atoms with Crippen molar-refractivity contribution in [2.45, 2.75) is 26.4 Å². The summed E-state index contributed by atoms with van der Waals surface area (Å²) >= 11 is 5.94. The van der Waals surface area contributed by atoms with Crippen molar-refractivity contribution in [1.29, 1.82) is 0 Å². The Morgan fingerprint density at radius 2 is 2.23 bits per heavy atom. The van der Waals surface area contributed by atoms with Crippen molar-refractivity contribution in [3.63, 3.8) is 0 Å².